The van der Waals surface area contributed by atoms with Gasteiger partial charge in [0.05, 0.1) is 0 Å². The van der Waals surface area contributed by atoms with Gasteiger partial charge in [-0.25, -0.2) is 0 Å². The average molecular weight is 165 g/mol. The lowest BCUT2D eigenvalue weighted by atomic mass is 10.2. The molecule has 0 aliphatic heterocycles. The van der Waals surface area contributed by atoms with Gasteiger partial charge in [-0.2, -0.15) is 0 Å². The second-order valence-corrected chi connectivity index (χ2v) is 3.06. The van der Waals surface area contributed by atoms with Crippen molar-refractivity contribution < 1.29 is 0 Å². The van der Waals surface area contributed by atoms with Gasteiger partial charge in [-0.15, -0.1) is 0 Å². The van der Waals surface area contributed by atoms with Crippen molar-refractivity contribution in [1.82, 2.24) is 4.98 Å². The standard InChI is InChI=1S/C12H7N/c1-3-7-11-9(5-1)10-6-2-4-8-12(10)13-11/h1-3,6-8,13H. The maximum atomic E-state index is 3.32. The summed E-state index contributed by atoms with van der Waals surface area (Å²) < 4.78 is 0. The molecular formula is C12H7N. The predicted molar refractivity (Wildman–Crippen MR) is 53.5 cm³/mol. The van der Waals surface area contributed by atoms with Crippen molar-refractivity contribution in [2.75, 3.05) is 0 Å². The Morgan fingerprint density at radius 3 is 3.08 bits per heavy atom. The number of nitrogens with one attached hydrogen (secondary N) is 1. The van der Waals surface area contributed by atoms with Crippen LogP contribution < -0.4 is 0 Å². The highest BCUT2D eigenvalue weighted by Gasteiger charge is 2.00. The number of hydrogen-bond donors (Lipinski definition) is 1. The lowest BCUT2D eigenvalue weighted by molar-refractivity contribution is 1.54. The number of H-pyrrole nitrogens is 1. The molecule has 60 valence electrons. The van der Waals surface area contributed by atoms with Crippen LogP contribution >= 0.6 is 0 Å². The van der Waals surface area contributed by atoms with E-state index in [0.717, 1.165) is 16.4 Å². The molecule has 0 aliphatic carbocycles. The van der Waals surface area contributed by atoms with Gasteiger partial charge < -0.3 is 4.98 Å². The Kier molecular flexibility index (Phi) is 1.22. The summed E-state index contributed by atoms with van der Waals surface area (Å²) in [6.07, 6.45) is 0. The van der Waals surface area contributed by atoms with Crippen LogP contribution in [-0.2, 0) is 0 Å². The smallest absolute Gasteiger partial charge is 0.0471 e. The number of rotatable bonds is 0. The zero-order chi connectivity index (χ0) is 8.67. The fourth-order valence-corrected chi connectivity index (χ4v) is 1.66. The van der Waals surface area contributed by atoms with Gasteiger partial charge in [0, 0.05) is 21.8 Å². The molecule has 3 aromatic rings. The van der Waals surface area contributed by atoms with Crippen molar-refractivity contribution in [1.29, 1.82) is 0 Å². The lowest BCUT2D eigenvalue weighted by Crippen LogP contribution is -1.64. The van der Waals surface area contributed by atoms with E-state index in [2.05, 4.69) is 29.2 Å². The fraction of sp³-hybridized carbons (Fsp3) is 0. The summed E-state index contributed by atoms with van der Waals surface area (Å²) in [4.78, 5) is 3.32. The first-order valence-corrected chi connectivity index (χ1v) is 4.23. The SMILES string of the molecule is [c]1ccc2c(c1)[nH]c1ccc[c]c12. The monoisotopic (exact) mass is 165 g/mol. The van der Waals surface area contributed by atoms with Gasteiger partial charge in [-0.05, 0) is 24.3 Å². The summed E-state index contributed by atoms with van der Waals surface area (Å²) in [6.45, 7) is 0. The predicted octanol–water partition coefficient (Wildman–Crippen LogP) is 2.92. The molecule has 2 aromatic carbocycles. The second kappa shape index (κ2) is 2.36. The normalized spacial score (nSPS) is 11.1. The van der Waals surface area contributed by atoms with Gasteiger partial charge in [0.1, 0.15) is 0 Å². The molecule has 1 heterocycles. The zero-order valence-electron chi connectivity index (χ0n) is 6.96. The Balaban J connectivity index is 2.64. The molecule has 0 saturated carbocycles. The Hall–Kier alpha value is -1.76. The molecule has 3 rings (SSSR count). The highest BCUT2D eigenvalue weighted by Crippen LogP contribution is 2.23. The van der Waals surface area contributed by atoms with Crippen LogP contribution in [0.3, 0.4) is 0 Å². The van der Waals surface area contributed by atoms with Gasteiger partial charge in [0.2, 0.25) is 0 Å². The minimum Gasteiger partial charge on any atom is -0.354 e. The third-order valence-corrected chi connectivity index (χ3v) is 2.26. The van der Waals surface area contributed by atoms with E-state index in [9.17, 15) is 0 Å². The second-order valence-electron chi connectivity index (χ2n) is 3.06. The van der Waals surface area contributed by atoms with E-state index in [1.165, 1.54) is 5.39 Å². The zero-order valence-corrected chi connectivity index (χ0v) is 6.96. The molecule has 1 N–H and O–H groups in total. The molecule has 0 bridgehead atoms. The van der Waals surface area contributed by atoms with E-state index in [1.807, 2.05) is 24.3 Å². The van der Waals surface area contributed by atoms with Crippen LogP contribution in [0.1, 0.15) is 0 Å². The average Bonchev–Trinajstić information content (AvgIpc) is 2.56. The number of fused-ring (bicyclic) bond motifs is 3. The minimum atomic E-state index is 1.12. The van der Waals surface area contributed by atoms with Gasteiger partial charge in [0.25, 0.3) is 0 Å². The third-order valence-electron chi connectivity index (χ3n) is 2.26. The minimum absolute atomic E-state index is 1.12. The molecule has 1 aromatic heterocycles. The van der Waals surface area contributed by atoms with Crippen molar-refractivity contribution in [3.05, 3.63) is 48.5 Å². The van der Waals surface area contributed by atoms with Crippen LogP contribution in [0, 0.1) is 12.1 Å². The highest BCUT2D eigenvalue weighted by atomic mass is 14.7. The molecule has 0 spiro atoms. The van der Waals surface area contributed by atoms with Crippen molar-refractivity contribution in [2.24, 2.45) is 0 Å². The number of benzene rings is 2. The number of aromatic amines is 1. The summed E-state index contributed by atoms with van der Waals surface area (Å²) in [6, 6.07) is 18.2. The molecule has 0 fully saturated rings. The first-order chi connectivity index (χ1) is 6.45. The fourth-order valence-electron chi connectivity index (χ4n) is 1.66. The van der Waals surface area contributed by atoms with Crippen molar-refractivity contribution in [2.45, 2.75) is 0 Å². The molecular weight excluding hydrogens is 158 g/mol. The summed E-state index contributed by atoms with van der Waals surface area (Å²) in [5.41, 5.74) is 2.26. The van der Waals surface area contributed by atoms with E-state index in [4.69, 9.17) is 0 Å². The van der Waals surface area contributed by atoms with Gasteiger partial charge in [0.15, 0.2) is 0 Å². The van der Waals surface area contributed by atoms with Gasteiger partial charge in [-0.1, -0.05) is 24.3 Å². The van der Waals surface area contributed by atoms with Crippen LogP contribution in [-0.4, -0.2) is 4.98 Å². The molecule has 0 unspecified atom stereocenters. The summed E-state index contributed by atoms with van der Waals surface area (Å²) in [5.74, 6) is 0. The van der Waals surface area contributed by atoms with Crippen molar-refractivity contribution in [3.8, 4) is 0 Å². The Morgan fingerprint density at radius 1 is 1.08 bits per heavy atom. The topological polar surface area (TPSA) is 15.8 Å². The van der Waals surface area contributed by atoms with E-state index in [1.54, 1.807) is 0 Å². The Bertz CT molecular complexity index is 513. The summed E-state index contributed by atoms with van der Waals surface area (Å²) in [7, 11) is 0. The maximum absolute atomic E-state index is 3.32. The van der Waals surface area contributed by atoms with Crippen LogP contribution in [0.25, 0.3) is 21.8 Å². The Morgan fingerprint density at radius 2 is 2.08 bits per heavy atom. The van der Waals surface area contributed by atoms with Crippen LogP contribution in [0.4, 0.5) is 0 Å². The van der Waals surface area contributed by atoms with E-state index >= 15 is 0 Å². The van der Waals surface area contributed by atoms with E-state index in [-0.39, 0.29) is 0 Å². The van der Waals surface area contributed by atoms with Crippen LogP contribution in [0.5, 0.6) is 0 Å². The summed E-state index contributed by atoms with van der Waals surface area (Å²) in [5, 5.41) is 2.38. The first-order valence-electron chi connectivity index (χ1n) is 4.23. The van der Waals surface area contributed by atoms with Crippen LogP contribution in [0.15, 0.2) is 36.4 Å². The maximum Gasteiger partial charge on any atom is 0.0471 e. The Labute approximate surface area is 76.0 Å². The number of hydrogen-bond acceptors (Lipinski definition) is 0. The molecule has 0 amide bonds. The van der Waals surface area contributed by atoms with Gasteiger partial charge >= 0.3 is 0 Å². The molecule has 0 aliphatic rings. The van der Waals surface area contributed by atoms with Gasteiger partial charge in [-0.3, -0.25) is 0 Å². The van der Waals surface area contributed by atoms with Crippen LogP contribution in [0.2, 0.25) is 0 Å². The molecule has 13 heavy (non-hydrogen) atoms. The first kappa shape index (κ1) is 6.72. The van der Waals surface area contributed by atoms with Crippen molar-refractivity contribution in [3.63, 3.8) is 0 Å². The van der Waals surface area contributed by atoms with E-state index < -0.39 is 0 Å². The summed E-state index contributed by atoms with van der Waals surface area (Å²) >= 11 is 0. The third kappa shape index (κ3) is 0.872. The van der Waals surface area contributed by atoms with E-state index in [0.29, 0.717) is 0 Å². The molecule has 0 saturated heterocycles. The molecule has 1 heteroatoms. The molecule has 1 nitrogen and oxygen atoms in total. The largest absolute Gasteiger partial charge is 0.354 e. The number of aromatic nitrogens is 1. The highest BCUT2D eigenvalue weighted by molar-refractivity contribution is 6.06. The lowest BCUT2D eigenvalue weighted by Gasteiger charge is -1.86. The van der Waals surface area contributed by atoms with Crippen molar-refractivity contribution >= 4 is 21.8 Å². The molecule has 2 radical (unpaired) electrons. The quantitative estimate of drug-likeness (QED) is 0.527. The molecule has 0 atom stereocenters.